The molecule has 0 bridgehead atoms. The fraction of sp³-hybridized carbons (Fsp3) is 0.310. The Morgan fingerprint density at radius 3 is 2.35 bits per heavy atom. The van der Waals surface area contributed by atoms with Gasteiger partial charge in [0.05, 0.1) is 12.1 Å². The molecule has 3 aromatic rings. The molecule has 5 heteroatoms. The minimum absolute atomic E-state index is 0.0165. The van der Waals surface area contributed by atoms with E-state index < -0.39 is 5.97 Å². The molecule has 176 valence electrons. The van der Waals surface area contributed by atoms with Gasteiger partial charge in [0.2, 0.25) is 0 Å². The molecule has 0 heterocycles. The predicted molar refractivity (Wildman–Crippen MR) is 134 cm³/mol. The van der Waals surface area contributed by atoms with Crippen molar-refractivity contribution >= 4 is 11.7 Å². The molecule has 1 N–H and O–H groups in total. The van der Waals surface area contributed by atoms with Crippen LogP contribution in [0.15, 0.2) is 78.0 Å². The third-order valence-corrected chi connectivity index (χ3v) is 6.38. The highest BCUT2D eigenvalue weighted by atomic mass is 16.6. The molecule has 0 unspecified atom stereocenters. The van der Waals surface area contributed by atoms with Crippen molar-refractivity contribution in [1.29, 1.82) is 0 Å². The lowest BCUT2D eigenvalue weighted by molar-refractivity contribution is -0.136. The standard InChI is InChI=1S/C29H31NO4/c1-21-26(20-29(31)32)11-6-12-28(21)33-17-18-34-30-27(19-22-7-5-8-22)25-15-13-24(14-16-25)23-9-3-2-4-10-23/h2-4,6,9-16,22H,5,7-8,17-20H2,1H3,(H,31,32). The number of carboxylic acids is 1. The Labute approximate surface area is 201 Å². The van der Waals surface area contributed by atoms with Crippen molar-refractivity contribution in [2.45, 2.75) is 39.0 Å². The number of aliphatic carboxylic acids is 1. The largest absolute Gasteiger partial charge is 0.490 e. The van der Waals surface area contributed by atoms with E-state index in [2.05, 4.69) is 41.6 Å². The summed E-state index contributed by atoms with van der Waals surface area (Å²) in [7, 11) is 0. The van der Waals surface area contributed by atoms with E-state index >= 15 is 0 Å². The average molecular weight is 458 g/mol. The molecule has 1 aliphatic rings. The van der Waals surface area contributed by atoms with Crippen LogP contribution in [0.25, 0.3) is 11.1 Å². The number of carbonyl (C=O) groups is 1. The second-order valence-electron chi connectivity index (χ2n) is 8.77. The first-order chi connectivity index (χ1) is 16.6. The Hall–Kier alpha value is -3.60. The highest BCUT2D eigenvalue weighted by Gasteiger charge is 2.21. The van der Waals surface area contributed by atoms with Gasteiger partial charge in [-0.1, -0.05) is 91.1 Å². The fourth-order valence-corrected chi connectivity index (χ4v) is 4.15. The molecule has 5 nitrogen and oxygen atoms in total. The molecule has 3 aromatic carbocycles. The predicted octanol–water partition coefficient (Wildman–Crippen LogP) is 6.28. The van der Waals surface area contributed by atoms with Gasteiger partial charge in [0.15, 0.2) is 6.61 Å². The molecule has 1 aliphatic carbocycles. The van der Waals surface area contributed by atoms with Crippen LogP contribution in [0, 0.1) is 12.8 Å². The summed E-state index contributed by atoms with van der Waals surface area (Å²) in [5, 5.41) is 13.5. The number of hydrogen-bond acceptors (Lipinski definition) is 4. The number of hydrogen-bond donors (Lipinski definition) is 1. The Morgan fingerprint density at radius 2 is 1.68 bits per heavy atom. The van der Waals surface area contributed by atoms with E-state index in [4.69, 9.17) is 14.7 Å². The summed E-state index contributed by atoms with van der Waals surface area (Å²) in [6, 6.07) is 24.3. The van der Waals surface area contributed by atoms with Crippen molar-refractivity contribution in [3.8, 4) is 16.9 Å². The average Bonchev–Trinajstić information content (AvgIpc) is 2.82. The summed E-state index contributed by atoms with van der Waals surface area (Å²) in [4.78, 5) is 16.7. The van der Waals surface area contributed by atoms with Gasteiger partial charge in [0, 0.05) is 0 Å². The number of nitrogens with zero attached hydrogens (tertiary/aromatic N) is 1. The molecule has 0 aromatic heterocycles. The molecule has 34 heavy (non-hydrogen) atoms. The summed E-state index contributed by atoms with van der Waals surface area (Å²) >= 11 is 0. The second kappa shape index (κ2) is 11.5. The Bertz CT molecular complexity index is 1120. The van der Waals surface area contributed by atoms with Crippen LogP contribution in [0.1, 0.15) is 42.4 Å². The van der Waals surface area contributed by atoms with Crippen molar-refractivity contribution in [2.75, 3.05) is 13.2 Å². The quantitative estimate of drug-likeness (QED) is 0.209. The third-order valence-electron chi connectivity index (χ3n) is 6.38. The lowest BCUT2D eigenvalue weighted by atomic mass is 9.80. The first-order valence-corrected chi connectivity index (χ1v) is 11.9. The Balaban J connectivity index is 1.37. The molecule has 1 saturated carbocycles. The zero-order chi connectivity index (χ0) is 23.8. The van der Waals surface area contributed by atoms with E-state index in [0.29, 0.717) is 24.9 Å². The fourth-order valence-electron chi connectivity index (χ4n) is 4.15. The minimum atomic E-state index is -0.853. The number of ether oxygens (including phenoxy) is 1. The van der Waals surface area contributed by atoms with Crippen molar-refractivity contribution in [3.05, 3.63) is 89.5 Å². The van der Waals surface area contributed by atoms with Gasteiger partial charge < -0.3 is 14.7 Å². The van der Waals surface area contributed by atoms with E-state index in [-0.39, 0.29) is 6.42 Å². The summed E-state index contributed by atoms with van der Waals surface area (Å²) in [6.45, 7) is 2.53. The van der Waals surface area contributed by atoms with E-state index in [1.165, 1.54) is 30.4 Å². The van der Waals surface area contributed by atoms with Gasteiger partial charge >= 0.3 is 5.97 Å². The smallest absolute Gasteiger partial charge is 0.307 e. The van der Waals surface area contributed by atoms with Crippen LogP contribution in [0.4, 0.5) is 0 Å². The number of oxime groups is 1. The van der Waals surface area contributed by atoms with E-state index in [0.717, 1.165) is 28.8 Å². The molecular formula is C29H31NO4. The third kappa shape index (κ3) is 6.25. The Morgan fingerprint density at radius 1 is 0.941 bits per heavy atom. The zero-order valence-electron chi connectivity index (χ0n) is 19.6. The lowest BCUT2D eigenvalue weighted by Gasteiger charge is -2.25. The molecule has 0 aliphatic heterocycles. The molecule has 0 atom stereocenters. The van der Waals surface area contributed by atoms with E-state index in [1.54, 1.807) is 0 Å². The molecule has 0 saturated heterocycles. The van der Waals surface area contributed by atoms with Gasteiger partial charge in [0.1, 0.15) is 12.4 Å². The van der Waals surface area contributed by atoms with Crippen LogP contribution in [0.5, 0.6) is 5.75 Å². The summed E-state index contributed by atoms with van der Waals surface area (Å²) in [6.07, 6.45) is 4.69. The van der Waals surface area contributed by atoms with E-state index in [9.17, 15) is 4.79 Å². The van der Waals surface area contributed by atoms with Gasteiger partial charge in [-0.3, -0.25) is 4.79 Å². The molecule has 1 fully saturated rings. The first-order valence-electron chi connectivity index (χ1n) is 11.9. The molecule has 4 rings (SSSR count). The summed E-state index contributed by atoms with van der Waals surface area (Å²) in [5.74, 6) is 0.498. The van der Waals surface area contributed by atoms with Crippen molar-refractivity contribution in [1.82, 2.24) is 0 Å². The van der Waals surface area contributed by atoms with Crippen LogP contribution >= 0.6 is 0 Å². The molecule has 0 spiro atoms. The van der Waals surface area contributed by atoms with Gasteiger partial charge in [-0.2, -0.15) is 0 Å². The summed E-state index contributed by atoms with van der Waals surface area (Å²) < 4.78 is 5.84. The normalized spacial score (nSPS) is 13.9. The first kappa shape index (κ1) is 23.6. The molecule has 0 amide bonds. The van der Waals surface area contributed by atoms with Gasteiger partial charge in [-0.15, -0.1) is 0 Å². The van der Waals surface area contributed by atoms with Crippen molar-refractivity contribution in [2.24, 2.45) is 11.1 Å². The topological polar surface area (TPSA) is 68.1 Å². The zero-order valence-corrected chi connectivity index (χ0v) is 19.6. The highest BCUT2D eigenvalue weighted by Crippen LogP contribution is 2.31. The van der Waals surface area contributed by atoms with Gasteiger partial charge in [-0.05, 0) is 53.1 Å². The van der Waals surface area contributed by atoms with Gasteiger partial charge in [0.25, 0.3) is 0 Å². The van der Waals surface area contributed by atoms with Crippen LogP contribution in [0.2, 0.25) is 0 Å². The van der Waals surface area contributed by atoms with Crippen molar-refractivity contribution < 1.29 is 19.5 Å². The Kier molecular flexibility index (Phi) is 7.97. The second-order valence-corrected chi connectivity index (χ2v) is 8.77. The number of carboxylic acid groups (broad SMARTS) is 1. The number of benzene rings is 3. The van der Waals surface area contributed by atoms with Crippen LogP contribution in [-0.4, -0.2) is 30.0 Å². The lowest BCUT2D eigenvalue weighted by Crippen LogP contribution is -2.17. The maximum atomic E-state index is 11.0. The van der Waals surface area contributed by atoms with Gasteiger partial charge in [-0.25, -0.2) is 0 Å². The number of rotatable bonds is 11. The molecule has 0 radical (unpaired) electrons. The SMILES string of the molecule is Cc1c(CC(=O)O)cccc1OCCON=C(CC1CCC1)c1ccc(-c2ccccc2)cc1. The van der Waals surface area contributed by atoms with E-state index in [1.807, 2.05) is 43.3 Å². The summed E-state index contributed by atoms with van der Waals surface area (Å²) in [5.41, 5.74) is 6.04. The highest BCUT2D eigenvalue weighted by molar-refractivity contribution is 6.00. The van der Waals surface area contributed by atoms with Crippen molar-refractivity contribution in [3.63, 3.8) is 0 Å². The van der Waals surface area contributed by atoms with Crippen LogP contribution < -0.4 is 4.74 Å². The minimum Gasteiger partial charge on any atom is -0.490 e. The van der Waals surface area contributed by atoms with Crippen LogP contribution in [-0.2, 0) is 16.1 Å². The monoisotopic (exact) mass is 457 g/mol. The van der Waals surface area contributed by atoms with Crippen LogP contribution in [0.3, 0.4) is 0 Å². The maximum Gasteiger partial charge on any atom is 0.307 e. The maximum absolute atomic E-state index is 11.0. The molecular weight excluding hydrogens is 426 g/mol.